The second-order valence-corrected chi connectivity index (χ2v) is 5.58. The highest BCUT2D eigenvalue weighted by molar-refractivity contribution is 6.42. The lowest BCUT2D eigenvalue weighted by Gasteiger charge is -2.33. The van der Waals surface area contributed by atoms with Gasteiger partial charge >= 0.3 is 0 Å². The number of carbonyl (C=O) groups excluding carboxylic acids is 1. The standard InChI is InChI=1S/C14H18Cl2N2O2.ClH/c15-11-4-3-10(8-12(11)16)13-9-18(6-7-20-13)14(19)2-1-5-17;/h3-4,8,13H,1-2,5-7,9,17H2;1H. The maximum atomic E-state index is 12.0. The van der Waals surface area contributed by atoms with Crippen LogP contribution in [0.3, 0.4) is 0 Å². The fourth-order valence-corrected chi connectivity index (χ4v) is 2.51. The van der Waals surface area contributed by atoms with Crippen molar-refractivity contribution < 1.29 is 9.53 Å². The number of benzene rings is 1. The molecule has 1 fully saturated rings. The first-order valence-corrected chi connectivity index (χ1v) is 7.42. The van der Waals surface area contributed by atoms with Gasteiger partial charge in [0.25, 0.3) is 0 Å². The highest BCUT2D eigenvalue weighted by Gasteiger charge is 2.25. The van der Waals surface area contributed by atoms with E-state index in [1.54, 1.807) is 12.1 Å². The maximum Gasteiger partial charge on any atom is 0.222 e. The smallest absolute Gasteiger partial charge is 0.222 e. The number of hydrogen-bond acceptors (Lipinski definition) is 3. The molecule has 0 aliphatic carbocycles. The Labute approximate surface area is 140 Å². The molecule has 1 amide bonds. The molecule has 7 heteroatoms. The molecule has 0 saturated carbocycles. The van der Waals surface area contributed by atoms with Crippen LogP contribution >= 0.6 is 35.6 Å². The summed E-state index contributed by atoms with van der Waals surface area (Å²) in [7, 11) is 0. The van der Waals surface area contributed by atoms with Crippen LogP contribution in [0.2, 0.25) is 10.0 Å². The van der Waals surface area contributed by atoms with E-state index in [1.807, 2.05) is 11.0 Å². The van der Waals surface area contributed by atoms with Crippen molar-refractivity contribution in [3.05, 3.63) is 33.8 Å². The number of ether oxygens (including phenoxy) is 1. The molecule has 118 valence electrons. The molecule has 21 heavy (non-hydrogen) atoms. The summed E-state index contributed by atoms with van der Waals surface area (Å²) in [6, 6.07) is 5.42. The van der Waals surface area contributed by atoms with Crippen molar-refractivity contribution in [2.45, 2.75) is 18.9 Å². The summed E-state index contributed by atoms with van der Waals surface area (Å²) < 4.78 is 5.72. The molecule has 1 saturated heterocycles. The Balaban J connectivity index is 0.00000220. The second kappa shape index (κ2) is 8.81. The molecule has 0 spiro atoms. The van der Waals surface area contributed by atoms with Gasteiger partial charge in [0.1, 0.15) is 6.10 Å². The third kappa shape index (κ3) is 5.01. The first-order chi connectivity index (χ1) is 9.61. The number of morpholine rings is 1. The molecule has 1 unspecified atom stereocenters. The molecule has 2 N–H and O–H groups in total. The van der Waals surface area contributed by atoms with Crippen LogP contribution in [-0.4, -0.2) is 37.0 Å². The molecular weight excluding hydrogens is 335 g/mol. The molecule has 0 bridgehead atoms. The number of nitrogens with zero attached hydrogens (tertiary/aromatic N) is 1. The third-order valence-corrected chi connectivity index (χ3v) is 4.07. The molecule has 1 aromatic carbocycles. The molecule has 1 aromatic rings. The van der Waals surface area contributed by atoms with Crippen LogP contribution in [0.25, 0.3) is 0 Å². The number of carbonyl (C=O) groups is 1. The van der Waals surface area contributed by atoms with Crippen molar-refractivity contribution in [3.8, 4) is 0 Å². The normalized spacial score (nSPS) is 18.2. The zero-order chi connectivity index (χ0) is 14.5. The van der Waals surface area contributed by atoms with Crippen LogP contribution in [0, 0.1) is 0 Å². The summed E-state index contributed by atoms with van der Waals surface area (Å²) in [6.45, 7) is 2.23. The van der Waals surface area contributed by atoms with Crippen LogP contribution in [0.5, 0.6) is 0 Å². The Morgan fingerprint density at radius 3 is 2.81 bits per heavy atom. The number of rotatable bonds is 4. The van der Waals surface area contributed by atoms with Gasteiger partial charge in [-0.25, -0.2) is 0 Å². The van der Waals surface area contributed by atoms with E-state index in [9.17, 15) is 4.79 Å². The minimum absolute atomic E-state index is 0. The van der Waals surface area contributed by atoms with Crippen molar-refractivity contribution >= 4 is 41.5 Å². The molecule has 2 rings (SSSR count). The van der Waals surface area contributed by atoms with E-state index < -0.39 is 0 Å². The van der Waals surface area contributed by atoms with Gasteiger partial charge < -0.3 is 15.4 Å². The Morgan fingerprint density at radius 2 is 2.14 bits per heavy atom. The number of amides is 1. The maximum absolute atomic E-state index is 12.0. The molecular formula is C14H19Cl3N2O2. The molecule has 1 atom stereocenters. The SMILES string of the molecule is Cl.NCCCC(=O)N1CCOC(c2ccc(Cl)c(Cl)c2)C1. The molecule has 1 aliphatic rings. The van der Waals surface area contributed by atoms with E-state index in [2.05, 4.69) is 0 Å². The summed E-state index contributed by atoms with van der Waals surface area (Å²) in [6.07, 6.45) is 1.05. The predicted octanol–water partition coefficient (Wildman–Crippen LogP) is 3.05. The summed E-state index contributed by atoms with van der Waals surface area (Å²) >= 11 is 11.9. The van der Waals surface area contributed by atoms with E-state index in [-0.39, 0.29) is 24.4 Å². The lowest BCUT2D eigenvalue weighted by Crippen LogP contribution is -2.42. The summed E-state index contributed by atoms with van der Waals surface area (Å²) in [5.74, 6) is 0.129. The van der Waals surface area contributed by atoms with Gasteiger partial charge in [-0.05, 0) is 30.7 Å². The van der Waals surface area contributed by atoms with E-state index in [4.69, 9.17) is 33.7 Å². The van der Waals surface area contributed by atoms with Crippen molar-refractivity contribution in [2.24, 2.45) is 5.73 Å². The minimum Gasteiger partial charge on any atom is -0.370 e. The van der Waals surface area contributed by atoms with Crippen LogP contribution in [-0.2, 0) is 9.53 Å². The lowest BCUT2D eigenvalue weighted by atomic mass is 10.1. The predicted molar refractivity (Wildman–Crippen MR) is 87.3 cm³/mol. The Bertz CT molecular complexity index is 485. The molecule has 4 nitrogen and oxygen atoms in total. The molecule has 0 radical (unpaired) electrons. The Morgan fingerprint density at radius 1 is 1.38 bits per heavy atom. The van der Waals surface area contributed by atoms with E-state index in [0.717, 1.165) is 5.56 Å². The quantitative estimate of drug-likeness (QED) is 0.905. The average molecular weight is 354 g/mol. The summed E-state index contributed by atoms with van der Waals surface area (Å²) in [5.41, 5.74) is 6.37. The monoisotopic (exact) mass is 352 g/mol. The van der Waals surface area contributed by atoms with Crippen LogP contribution in [0.4, 0.5) is 0 Å². The van der Waals surface area contributed by atoms with Crippen molar-refractivity contribution in [1.82, 2.24) is 4.90 Å². The fourth-order valence-electron chi connectivity index (χ4n) is 2.20. The Kier molecular flexibility index (Phi) is 7.77. The molecule has 0 aromatic heterocycles. The number of nitrogens with two attached hydrogens (primary N) is 1. The zero-order valence-electron chi connectivity index (χ0n) is 11.6. The molecule has 1 aliphatic heterocycles. The first-order valence-electron chi connectivity index (χ1n) is 6.66. The first kappa shape index (κ1) is 18.5. The second-order valence-electron chi connectivity index (χ2n) is 4.76. The van der Waals surface area contributed by atoms with E-state index in [1.165, 1.54) is 0 Å². The van der Waals surface area contributed by atoms with Gasteiger partial charge in [-0.1, -0.05) is 29.3 Å². The third-order valence-electron chi connectivity index (χ3n) is 3.33. The minimum atomic E-state index is -0.152. The number of halogens is 3. The van der Waals surface area contributed by atoms with Crippen molar-refractivity contribution in [1.29, 1.82) is 0 Å². The average Bonchev–Trinajstić information content (AvgIpc) is 2.47. The van der Waals surface area contributed by atoms with Crippen molar-refractivity contribution in [3.63, 3.8) is 0 Å². The van der Waals surface area contributed by atoms with Gasteiger partial charge in [0.15, 0.2) is 0 Å². The van der Waals surface area contributed by atoms with Crippen LogP contribution in [0.1, 0.15) is 24.5 Å². The summed E-state index contributed by atoms with van der Waals surface area (Å²) in [5, 5.41) is 1.02. The Hall–Kier alpha value is -0.520. The van der Waals surface area contributed by atoms with Crippen LogP contribution < -0.4 is 5.73 Å². The zero-order valence-corrected chi connectivity index (χ0v) is 13.9. The topological polar surface area (TPSA) is 55.6 Å². The van der Waals surface area contributed by atoms with E-state index in [0.29, 0.717) is 49.1 Å². The highest BCUT2D eigenvalue weighted by atomic mass is 35.5. The molecule has 1 heterocycles. The largest absolute Gasteiger partial charge is 0.370 e. The van der Waals surface area contributed by atoms with Crippen molar-refractivity contribution in [2.75, 3.05) is 26.2 Å². The van der Waals surface area contributed by atoms with Gasteiger partial charge in [0.2, 0.25) is 5.91 Å². The summed E-state index contributed by atoms with van der Waals surface area (Å²) in [4.78, 5) is 13.8. The van der Waals surface area contributed by atoms with Gasteiger partial charge in [-0.3, -0.25) is 4.79 Å². The lowest BCUT2D eigenvalue weighted by molar-refractivity contribution is -0.139. The van der Waals surface area contributed by atoms with Gasteiger partial charge in [-0.15, -0.1) is 12.4 Å². The highest BCUT2D eigenvalue weighted by Crippen LogP contribution is 2.29. The number of hydrogen-bond donors (Lipinski definition) is 1. The van der Waals surface area contributed by atoms with Crippen LogP contribution in [0.15, 0.2) is 18.2 Å². The fraction of sp³-hybridized carbons (Fsp3) is 0.500. The van der Waals surface area contributed by atoms with Gasteiger partial charge in [-0.2, -0.15) is 0 Å². The van der Waals surface area contributed by atoms with Gasteiger partial charge in [0.05, 0.1) is 23.2 Å². The van der Waals surface area contributed by atoms with E-state index >= 15 is 0 Å². The van der Waals surface area contributed by atoms with Gasteiger partial charge in [0, 0.05) is 13.0 Å².